The van der Waals surface area contributed by atoms with Crippen LogP contribution in [0.2, 0.25) is 0 Å². The van der Waals surface area contributed by atoms with Crippen LogP contribution in [0.5, 0.6) is 5.75 Å². The Morgan fingerprint density at radius 1 is 1.36 bits per heavy atom. The molecule has 0 spiro atoms. The quantitative estimate of drug-likeness (QED) is 0.753. The minimum absolute atomic E-state index is 0.186. The molecule has 2 amide bonds. The van der Waals surface area contributed by atoms with Crippen molar-refractivity contribution in [2.24, 2.45) is 0 Å². The van der Waals surface area contributed by atoms with Crippen molar-refractivity contribution in [1.82, 2.24) is 15.6 Å². The van der Waals surface area contributed by atoms with E-state index in [1.54, 1.807) is 20.2 Å². The topological polar surface area (TPSA) is 83.2 Å². The molecule has 0 bridgehead atoms. The molecule has 22 heavy (non-hydrogen) atoms. The Balaban J connectivity index is 2.17. The maximum absolute atomic E-state index is 12.1. The number of hydrogen-bond acceptors (Lipinski definition) is 3. The number of benzene rings is 1. The van der Waals surface area contributed by atoms with Gasteiger partial charge in [0, 0.05) is 24.1 Å². The van der Waals surface area contributed by atoms with Gasteiger partial charge in [0.25, 0.3) is 0 Å². The largest absolute Gasteiger partial charge is 0.493 e. The van der Waals surface area contributed by atoms with Gasteiger partial charge in [-0.05, 0) is 31.5 Å². The van der Waals surface area contributed by atoms with Gasteiger partial charge in [-0.3, -0.25) is 9.59 Å². The zero-order valence-electron chi connectivity index (χ0n) is 13.0. The molecular weight excluding hydrogens is 282 g/mol. The summed E-state index contributed by atoms with van der Waals surface area (Å²) in [7, 11) is 1.54. The molecule has 0 saturated carbocycles. The number of rotatable bonds is 6. The van der Waals surface area contributed by atoms with Crippen LogP contribution in [0.25, 0.3) is 10.9 Å². The molecule has 2 rings (SSSR count). The van der Waals surface area contributed by atoms with Crippen LogP contribution in [0.15, 0.2) is 24.4 Å². The van der Waals surface area contributed by atoms with Crippen LogP contribution in [-0.4, -0.2) is 36.5 Å². The molecule has 6 heteroatoms. The van der Waals surface area contributed by atoms with Gasteiger partial charge in [0.1, 0.15) is 11.8 Å². The molecular formula is C16H21N3O3. The fraction of sp³-hybridized carbons (Fsp3) is 0.375. The number of nitrogens with one attached hydrogen (secondary N) is 3. The average Bonchev–Trinajstić information content (AvgIpc) is 2.90. The van der Waals surface area contributed by atoms with Gasteiger partial charge in [0.15, 0.2) is 0 Å². The number of carbonyl (C=O) groups is 2. The van der Waals surface area contributed by atoms with Gasteiger partial charge in [0.2, 0.25) is 11.8 Å². The third kappa shape index (κ3) is 3.39. The van der Waals surface area contributed by atoms with Crippen molar-refractivity contribution in [3.05, 3.63) is 30.0 Å². The highest BCUT2D eigenvalue weighted by Gasteiger charge is 2.17. The number of ether oxygens (including phenoxy) is 1. The van der Waals surface area contributed by atoms with Gasteiger partial charge >= 0.3 is 0 Å². The SMILES string of the molecule is CCOc1cccc2[nH]cc(CC(=O)N[C@@H](C)C(=O)NC)c12. The molecule has 1 aromatic heterocycles. The summed E-state index contributed by atoms with van der Waals surface area (Å²) < 4.78 is 5.62. The second-order valence-corrected chi connectivity index (χ2v) is 5.01. The third-order valence-electron chi connectivity index (χ3n) is 3.42. The summed E-state index contributed by atoms with van der Waals surface area (Å²) in [6.45, 7) is 4.13. The first kappa shape index (κ1) is 15.9. The molecule has 6 nitrogen and oxygen atoms in total. The Morgan fingerprint density at radius 2 is 2.14 bits per heavy atom. The molecule has 1 atom stereocenters. The highest BCUT2D eigenvalue weighted by molar-refractivity contribution is 5.94. The molecule has 0 aliphatic rings. The number of hydrogen-bond donors (Lipinski definition) is 3. The van der Waals surface area contributed by atoms with Crippen molar-refractivity contribution in [2.75, 3.05) is 13.7 Å². The monoisotopic (exact) mass is 303 g/mol. The predicted octanol–water partition coefficient (Wildman–Crippen LogP) is 1.36. The first-order chi connectivity index (χ1) is 10.6. The lowest BCUT2D eigenvalue weighted by Crippen LogP contribution is -2.44. The summed E-state index contributed by atoms with van der Waals surface area (Å²) in [6.07, 6.45) is 1.99. The Morgan fingerprint density at radius 3 is 2.82 bits per heavy atom. The van der Waals surface area contributed by atoms with Crippen LogP contribution in [0, 0.1) is 0 Å². The Hall–Kier alpha value is -2.50. The summed E-state index contributed by atoms with van der Waals surface area (Å²) >= 11 is 0. The first-order valence-electron chi connectivity index (χ1n) is 7.29. The van der Waals surface area contributed by atoms with Crippen molar-refractivity contribution in [1.29, 1.82) is 0 Å². The number of likely N-dealkylation sites (N-methyl/N-ethyl adjacent to an activating group) is 1. The second kappa shape index (κ2) is 6.98. The second-order valence-electron chi connectivity index (χ2n) is 5.01. The predicted molar refractivity (Wildman–Crippen MR) is 84.8 cm³/mol. The van der Waals surface area contributed by atoms with Crippen LogP contribution >= 0.6 is 0 Å². The molecule has 3 N–H and O–H groups in total. The molecule has 0 radical (unpaired) electrons. The molecule has 1 heterocycles. The Bertz CT molecular complexity index is 678. The van der Waals surface area contributed by atoms with Crippen LogP contribution < -0.4 is 15.4 Å². The minimum atomic E-state index is -0.561. The highest BCUT2D eigenvalue weighted by Crippen LogP contribution is 2.29. The van der Waals surface area contributed by atoms with Gasteiger partial charge in [-0.15, -0.1) is 0 Å². The van der Waals surface area contributed by atoms with E-state index >= 15 is 0 Å². The Labute approximate surface area is 129 Å². The summed E-state index contributed by atoms with van der Waals surface area (Å²) in [5.41, 5.74) is 1.77. The summed E-state index contributed by atoms with van der Waals surface area (Å²) in [6, 6.07) is 5.16. The average molecular weight is 303 g/mol. The van der Waals surface area contributed by atoms with E-state index in [1.807, 2.05) is 25.1 Å². The van der Waals surface area contributed by atoms with E-state index < -0.39 is 6.04 Å². The number of aromatic nitrogens is 1. The molecule has 0 aliphatic heterocycles. The van der Waals surface area contributed by atoms with E-state index in [2.05, 4.69) is 15.6 Å². The molecule has 118 valence electrons. The van der Waals surface area contributed by atoms with Crippen molar-refractivity contribution < 1.29 is 14.3 Å². The number of aromatic amines is 1. The van der Waals surface area contributed by atoms with E-state index in [-0.39, 0.29) is 18.2 Å². The number of carbonyl (C=O) groups excluding carboxylic acids is 2. The van der Waals surface area contributed by atoms with Crippen molar-refractivity contribution in [3.63, 3.8) is 0 Å². The maximum Gasteiger partial charge on any atom is 0.242 e. The molecule has 0 aliphatic carbocycles. The lowest BCUT2D eigenvalue weighted by atomic mass is 10.1. The number of H-pyrrole nitrogens is 1. The molecule has 0 saturated heterocycles. The van der Waals surface area contributed by atoms with Crippen LogP contribution in [-0.2, 0) is 16.0 Å². The summed E-state index contributed by atoms with van der Waals surface area (Å²) in [5, 5.41) is 6.09. The number of fused-ring (bicyclic) bond motifs is 1. The lowest BCUT2D eigenvalue weighted by molar-refractivity contribution is -0.127. The van der Waals surface area contributed by atoms with E-state index in [0.29, 0.717) is 6.61 Å². The van der Waals surface area contributed by atoms with E-state index in [0.717, 1.165) is 22.2 Å². The summed E-state index contributed by atoms with van der Waals surface area (Å²) in [5.74, 6) is 0.328. The molecule has 2 aromatic rings. The fourth-order valence-electron chi connectivity index (χ4n) is 2.38. The van der Waals surface area contributed by atoms with E-state index in [1.165, 1.54) is 0 Å². The van der Waals surface area contributed by atoms with Crippen LogP contribution in [0.4, 0.5) is 0 Å². The van der Waals surface area contributed by atoms with Gasteiger partial charge < -0.3 is 20.4 Å². The van der Waals surface area contributed by atoms with Gasteiger partial charge in [0.05, 0.1) is 13.0 Å². The number of amides is 2. The summed E-state index contributed by atoms with van der Waals surface area (Å²) in [4.78, 5) is 26.7. The normalized spacial score (nSPS) is 12.0. The zero-order chi connectivity index (χ0) is 16.1. The molecule has 0 fully saturated rings. The zero-order valence-corrected chi connectivity index (χ0v) is 13.0. The van der Waals surface area contributed by atoms with Gasteiger partial charge in [-0.2, -0.15) is 0 Å². The van der Waals surface area contributed by atoms with Crippen LogP contribution in [0.3, 0.4) is 0 Å². The van der Waals surface area contributed by atoms with Gasteiger partial charge in [-0.1, -0.05) is 6.07 Å². The highest BCUT2D eigenvalue weighted by atomic mass is 16.5. The Kier molecular flexibility index (Phi) is 5.04. The first-order valence-corrected chi connectivity index (χ1v) is 7.29. The minimum Gasteiger partial charge on any atom is -0.493 e. The van der Waals surface area contributed by atoms with Crippen molar-refractivity contribution >= 4 is 22.7 Å². The third-order valence-corrected chi connectivity index (χ3v) is 3.42. The van der Waals surface area contributed by atoms with Crippen molar-refractivity contribution in [2.45, 2.75) is 26.3 Å². The standard InChI is InChI=1S/C16H21N3O3/c1-4-22-13-7-5-6-12-15(13)11(9-18-12)8-14(20)19-10(2)16(21)17-3/h5-7,9-10,18H,4,8H2,1-3H3,(H,17,21)(H,19,20)/t10-/m0/s1. The molecule has 0 unspecified atom stereocenters. The van der Waals surface area contributed by atoms with Gasteiger partial charge in [-0.25, -0.2) is 0 Å². The van der Waals surface area contributed by atoms with E-state index in [9.17, 15) is 9.59 Å². The van der Waals surface area contributed by atoms with E-state index in [4.69, 9.17) is 4.74 Å². The van der Waals surface area contributed by atoms with Crippen LogP contribution in [0.1, 0.15) is 19.4 Å². The fourth-order valence-corrected chi connectivity index (χ4v) is 2.38. The molecule has 1 aromatic carbocycles. The maximum atomic E-state index is 12.1. The lowest BCUT2D eigenvalue weighted by Gasteiger charge is -2.12. The smallest absolute Gasteiger partial charge is 0.242 e. The van der Waals surface area contributed by atoms with Crippen molar-refractivity contribution in [3.8, 4) is 5.75 Å².